The van der Waals surface area contributed by atoms with Gasteiger partial charge in [0.2, 0.25) is 5.91 Å². The normalized spacial score (nSPS) is 33.4. The number of amides is 1. The Morgan fingerprint density at radius 2 is 2.06 bits per heavy atom. The molecule has 0 aromatic rings. The van der Waals surface area contributed by atoms with Gasteiger partial charge in [-0.25, -0.2) is 0 Å². The highest BCUT2D eigenvalue weighted by atomic mass is 16.5. The van der Waals surface area contributed by atoms with Crippen molar-refractivity contribution in [1.82, 2.24) is 5.32 Å². The molecule has 2 N–H and O–H groups in total. The van der Waals surface area contributed by atoms with Gasteiger partial charge in [-0.2, -0.15) is 0 Å². The highest BCUT2D eigenvalue weighted by Gasteiger charge is 2.41. The molecule has 5 heteroatoms. The van der Waals surface area contributed by atoms with Crippen molar-refractivity contribution < 1.29 is 19.4 Å². The zero-order valence-electron chi connectivity index (χ0n) is 11.7. The molecular formula is C13H25NO4. The molecule has 0 aromatic carbocycles. The topological polar surface area (TPSA) is 67.8 Å². The number of hydrogen-bond acceptors (Lipinski definition) is 4. The van der Waals surface area contributed by atoms with Crippen LogP contribution in [-0.4, -0.2) is 49.6 Å². The van der Waals surface area contributed by atoms with Crippen LogP contribution in [0, 0.1) is 11.8 Å². The molecule has 5 nitrogen and oxygen atoms in total. The average Bonchev–Trinajstić information content (AvgIpc) is 2.53. The minimum absolute atomic E-state index is 0.0176. The van der Waals surface area contributed by atoms with E-state index >= 15 is 0 Å². The van der Waals surface area contributed by atoms with Gasteiger partial charge in [-0.15, -0.1) is 0 Å². The zero-order chi connectivity index (χ0) is 13.7. The Morgan fingerprint density at radius 3 is 2.56 bits per heavy atom. The predicted octanol–water partition coefficient (Wildman–Crippen LogP) is 0.559. The Hall–Kier alpha value is -0.650. The smallest absolute Gasteiger partial charge is 0.226 e. The van der Waals surface area contributed by atoms with Crippen molar-refractivity contribution in [3.05, 3.63) is 0 Å². The van der Waals surface area contributed by atoms with E-state index in [9.17, 15) is 9.90 Å². The largest absolute Gasteiger partial charge is 0.391 e. The lowest BCUT2D eigenvalue weighted by Gasteiger charge is -2.18. The maximum absolute atomic E-state index is 12.0. The Balaban J connectivity index is 2.32. The number of hydrogen-bond donors (Lipinski definition) is 2. The van der Waals surface area contributed by atoms with Crippen LogP contribution in [0.1, 0.15) is 27.2 Å². The van der Waals surface area contributed by atoms with Crippen LogP contribution >= 0.6 is 0 Å². The second-order valence-corrected chi connectivity index (χ2v) is 5.12. The van der Waals surface area contributed by atoms with E-state index in [0.29, 0.717) is 19.6 Å². The van der Waals surface area contributed by atoms with Gasteiger partial charge in [0.25, 0.3) is 0 Å². The van der Waals surface area contributed by atoms with Crippen molar-refractivity contribution in [3.8, 4) is 0 Å². The Labute approximate surface area is 109 Å². The van der Waals surface area contributed by atoms with E-state index in [2.05, 4.69) is 5.32 Å². The van der Waals surface area contributed by atoms with Crippen LogP contribution in [0.3, 0.4) is 0 Å². The summed E-state index contributed by atoms with van der Waals surface area (Å²) in [5, 5.41) is 12.3. The number of nitrogens with one attached hydrogen (secondary N) is 1. The molecule has 0 aromatic heterocycles. The fourth-order valence-corrected chi connectivity index (χ4v) is 2.47. The molecular weight excluding hydrogens is 234 g/mol. The number of ether oxygens (including phenoxy) is 2. The van der Waals surface area contributed by atoms with E-state index in [1.165, 1.54) is 0 Å². The number of aliphatic hydroxyl groups is 1. The standard InChI is InChI=1S/C13H25NO4/c1-8-9(2)18-10(3)12(8)13(16)14-6-5-11(15)7-17-4/h8-12,15H,5-7H2,1-4H3,(H,14,16). The summed E-state index contributed by atoms with van der Waals surface area (Å²) in [6, 6.07) is 0. The van der Waals surface area contributed by atoms with Gasteiger partial charge in [0.05, 0.1) is 30.8 Å². The maximum atomic E-state index is 12.0. The fourth-order valence-electron chi connectivity index (χ4n) is 2.47. The molecule has 106 valence electrons. The molecule has 5 unspecified atom stereocenters. The second kappa shape index (κ2) is 7.07. The van der Waals surface area contributed by atoms with Crippen LogP contribution in [0.15, 0.2) is 0 Å². The van der Waals surface area contributed by atoms with Crippen LogP contribution in [-0.2, 0) is 14.3 Å². The highest BCUT2D eigenvalue weighted by Crippen LogP contribution is 2.32. The van der Waals surface area contributed by atoms with Gasteiger partial charge in [-0.1, -0.05) is 6.92 Å². The van der Waals surface area contributed by atoms with Crippen LogP contribution in [0.4, 0.5) is 0 Å². The first-order chi connectivity index (χ1) is 8.47. The van der Waals surface area contributed by atoms with Gasteiger partial charge in [0.15, 0.2) is 0 Å². The van der Waals surface area contributed by atoms with Gasteiger partial charge < -0.3 is 19.9 Å². The van der Waals surface area contributed by atoms with Crippen LogP contribution in [0.2, 0.25) is 0 Å². The molecule has 1 heterocycles. The SMILES string of the molecule is COCC(O)CCNC(=O)C1C(C)OC(C)C1C. The first-order valence-corrected chi connectivity index (χ1v) is 6.57. The predicted molar refractivity (Wildman–Crippen MR) is 68.2 cm³/mol. The van der Waals surface area contributed by atoms with E-state index in [1.807, 2.05) is 20.8 Å². The van der Waals surface area contributed by atoms with Crippen molar-refractivity contribution in [1.29, 1.82) is 0 Å². The fraction of sp³-hybridized carbons (Fsp3) is 0.923. The third-order valence-electron chi connectivity index (χ3n) is 3.68. The average molecular weight is 259 g/mol. The Kier molecular flexibility index (Phi) is 6.05. The summed E-state index contributed by atoms with van der Waals surface area (Å²) >= 11 is 0. The Bertz CT molecular complexity index is 272. The molecule has 0 spiro atoms. The first-order valence-electron chi connectivity index (χ1n) is 6.57. The lowest BCUT2D eigenvalue weighted by molar-refractivity contribution is -0.127. The number of methoxy groups -OCH3 is 1. The summed E-state index contributed by atoms with van der Waals surface area (Å²) in [5.41, 5.74) is 0. The van der Waals surface area contributed by atoms with Gasteiger partial charge in [-0.05, 0) is 26.2 Å². The second-order valence-electron chi connectivity index (χ2n) is 5.12. The first kappa shape index (κ1) is 15.4. The van der Waals surface area contributed by atoms with Crippen LogP contribution in [0.5, 0.6) is 0 Å². The van der Waals surface area contributed by atoms with Crippen molar-refractivity contribution in [2.45, 2.75) is 45.5 Å². The summed E-state index contributed by atoms with van der Waals surface area (Å²) in [4.78, 5) is 12.0. The van der Waals surface area contributed by atoms with E-state index < -0.39 is 6.10 Å². The molecule has 1 aliphatic rings. The minimum atomic E-state index is -0.524. The van der Waals surface area contributed by atoms with E-state index in [-0.39, 0.29) is 30.0 Å². The molecule has 0 radical (unpaired) electrons. The van der Waals surface area contributed by atoms with Gasteiger partial charge >= 0.3 is 0 Å². The maximum Gasteiger partial charge on any atom is 0.226 e. The van der Waals surface area contributed by atoms with Gasteiger partial charge in [0, 0.05) is 13.7 Å². The molecule has 1 fully saturated rings. The third-order valence-corrected chi connectivity index (χ3v) is 3.68. The molecule has 18 heavy (non-hydrogen) atoms. The van der Waals surface area contributed by atoms with Crippen molar-refractivity contribution in [3.63, 3.8) is 0 Å². The lowest BCUT2D eigenvalue weighted by Crippen LogP contribution is -2.38. The van der Waals surface area contributed by atoms with E-state index in [4.69, 9.17) is 9.47 Å². The lowest BCUT2D eigenvalue weighted by atomic mass is 9.89. The summed E-state index contributed by atoms with van der Waals surface area (Å²) in [5.74, 6) is 0.146. The van der Waals surface area contributed by atoms with E-state index in [0.717, 1.165) is 0 Å². The molecule has 1 rings (SSSR count). The molecule has 0 saturated carbocycles. The summed E-state index contributed by atoms with van der Waals surface area (Å²) < 4.78 is 10.5. The van der Waals surface area contributed by atoms with Crippen LogP contribution in [0.25, 0.3) is 0 Å². The molecule has 5 atom stereocenters. The van der Waals surface area contributed by atoms with Crippen LogP contribution < -0.4 is 5.32 Å². The van der Waals surface area contributed by atoms with Crippen molar-refractivity contribution in [2.75, 3.05) is 20.3 Å². The molecule has 0 bridgehead atoms. The van der Waals surface area contributed by atoms with Crippen molar-refractivity contribution >= 4 is 5.91 Å². The third kappa shape index (κ3) is 3.93. The molecule has 1 saturated heterocycles. The number of carbonyl (C=O) groups is 1. The molecule has 0 aliphatic carbocycles. The number of aliphatic hydroxyl groups excluding tert-OH is 1. The van der Waals surface area contributed by atoms with E-state index in [1.54, 1.807) is 7.11 Å². The summed E-state index contributed by atoms with van der Waals surface area (Å²) in [6.07, 6.45) is 0.0588. The van der Waals surface area contributed by atoms with Crippen molar-refractivity contribution in [2.24, 2.45) is 11.8 Å². The molecule has 1 aliphatic heterocycles. The minimum Gasteiger partial charge on any atom is -0.391 e. The van der Waals surface area contributed by atoms with Gasteiger partial charge in [-0.3, -0.25) is 4.79 Å². The monoisotopic (exact) mass is 259 g/mol. The highest BCUT2D eigenvalue weighted by molar-refractivity contribution is 5.79. The zero-order valence-corrected chi connectivity index (χ0v) is 11.7. The number of carbonyl (C=O) groups excluding carboxylic acids is 1. The summed E-state index contributed by atoms with van der Waals surface area (Å²) in [7, 11) is 1.54. The number of rotatable bonds is 6. The quantitative estimate of drug-likeness (QED) is 0.731. The summed E-state index contributed by atoms with van der Waals surface area (Å²) in [6.45, 7) is 6.74. The van der Waals surface area contributed by atoms with Gasteiger partial charge in [0.1, 0.15) is 0 Å². The Morgan fingerprint density at radius 1 is 1.39 bits per heavy atom. The molecule has 1 amide bonds.